The van der Waals surface area contributed by atoms with Gasteiger partial charge in [-0.25, -0.2) is 19.7 Å². The lowest BCUT2D eigenvalue weighted by molar-refractivity contribution is 0.694. The monoisotopic (exact) mass is 278 g/mol. The van der Waals surface area contributed by atoms with Crippen molar-refractivity contribution in [3.8, 4) is 0 Å². The van der Waals surface area contributed by atoms with Gasteiger partial charge in [0.15, 0.2) is 5.82 Å². The summed E-state index contributed by atoms with van der Waals surface area (Å²) in [5.41, 5.74) is -0.330. The standard InChI is InChI=1S/C11H7ClN4OS/c12-9-7-2-5-18-10(7)15-8(14-9)6-16-4-1-3-13-11(16)17/h1-5H,6H2. The average Bonchev–Trinajstić information content (AvgIpc) is 2.81. The van der Waals surface area contributed by atoms with E-state index < -0.39 is 0 Å². The number of nitrogens with zero attached hydrogens (tertiary/aromatic N) is 4. The Bertz CT molecular complexity index is 767. The van der Waals surface area contributed by atoms with Crippen LogP contribution in [0.15, 0.2) is 34.7 Å². The summed E-state index contributed by atoms with van der Waals surface area (Å²) in [6.07, 6.45) is 3.10. The Labute approximate surface area is 111 Å². The molecule has 0 bridgehead atoms. The first-order valence-electron chi connectivity index (χ1n) is 5.15. The van der Waals surface area contributed by atoms with Gasteiger partial charge in [-0.3, -0.25) is 4.57 Å². The molecule has 0 saturated carbocycles. The van der Waals surface area contributed by atoms with Gasteiger partial charge in [0.2, 0.25) is 0 Å². The molecule has 7 heteroatoms. The Morgan fingerprint density at radius 3 is 3.11 bits per heavy atom. The van der Waals surface area contributed by atoms with Gasteiger partial charge in [-0.2, -0.15) is 0 Å². The Balaban J connectivity index is 2.05. The van der Waals surface area contributed by atoms with Gasteiger partial charge in [-0.15, -0.1) is 11.3 Å². The summed E-state index contributed by atoms with van der Waals surface area (Å²) in [6.45, 7) is 0.264. The lowest BCUT2D eigenvalue weighted by atomic mass is 10.4. The first-order valence-corrected chi connectivity index (χ1v) is 6.41. The number of aromatic nitrogens is 4. The molecule has 3 aromatic rings. The first kappa shape index (κ1) is 11.3. The molecular weight excluding hydrogens is 272 g/mol. The summed E-state index contributed by atoms with van der Waals surface area (Å²) < 4.78 is 1.44. The van der Waals surface area contributed by atoms with E-state index in [-0.39, 0.29) is 12.2 Å². The molecule has 0 atom stereocenters. The second-order valence-corrected chi connectivity index (χ2v) is 4.85. The molecule has 0 N–H and O–H groups in total. The minimum absolute atomic E-state index is 0.264. The fraction of sp³-hybridized carbons (Fsp3) is 0.0909. The van der Waals surface area contributed by atoms with E-state index in [0.717, 1.165) is 10.2 Å². The van der Waals surface area contributed by atoms with Crippen LogP contribution in [0, 0.1) is 0 Å². The van der Waals surface area contributed by atoms with Crippen LogP contribution in [0.5, 0.6) is 0 Å². The van der Waals surface area contributed by atoms with Gasteiger partial charge >= 0.3 is 5.69 Å². The average molecular weight is 279 g/mol. The maximum absolute atomic E-state index is 11.5. The van der Waals surface area contributed by atoms with Crippen LogP contribution < -0.4 is 5.69 Å². The molecule has 3 rings (SSSR count). The molecule has 0 fully saturated rings. The molecule has 0 amide bonds. The van der Waals surface area contributed by atoms with Crippen LogP contribution in [0.1, 0.15) is 5.82 Å². The van der Waals surface area contributed by atoms with E-state index in [9.17, 15) is 4.79 Å². The van der Waals surface area contributed by atoms with Crippen molar-refractivity contribution in [2.75, 3.05) is 0 Å². The summed E-state index contributed by atoms with van der Waals surface area (Å²) in [6, 6.07) is 3.56. The molecule has 0 aliphatic rings. The van der Waals surface area contributed by atoms with Crippen molar-refractivity contribution in [3.05, 3.63) is 51.4 Å². The minimum Gasteiger partial charge on any atom is -0.292 e. The van der Waals surface area contributed by atoms with Gasteiger partial charge in [0.1, 0.15) is 9.98 Å². The lowest BCUT2D eigenvalue weighted by Gasteiger charge is -2.03. The van der Waals surface area contributed by atoms with Gasteiger partial charge in [-0.05, 0) is 17.5 Å². The third-order valence-electron chi connectivity index (χ3n) is 2.42. The lowest BCUT2D eigenvalue weighted by Crippen LogP contribution is -2.22. The number of fused-ring (bicyclic) bond motifs is 1. The molecule has 3 heterocycles. The Morgan fingerprint density at radius 2 is 2.28 bits per heavy atom. The Hall–Kier alpha value is -1.79. The second-order valence-electron chi connectivity index (χ2n) is 3.60. The van der Waals surface area contributed by atoms with Crippen LogP contribution in [0.2, 0.25) is 5.15 Å². The first-order chi connectivity index (χ1) is 8.74. The quantitative estimate of drug-likeness (QED) is 0.672. The largest absolute Gasteiger partial charge is 0.347 e. The van der Waals surface area contributed by atoms with Crippen LogP contribution in [0.25, 0.3) is 10.2 Å². The summed E-state index contributed by atoms with van der Waals surface area (Å²) in [5.74, 6) is 0.505. The molecular formula is C11H7ClN4OS. The molecule has 0 spiro atoms. The molecule has 3 aromatic heterocycles. The smallest absolute Gasteiger partial charge is 0.292 e. The molecule has 0 aliphatic heterocycles. The molecule has 18 heavy (non-hydrogen) atoms. The molecule has 0 unspecified atom stereocenters. The number of thiophene rings is 1. The van der Waals surface area contributed by atoms with Crippen LogP contribution in [0.3, 0.4) is 0 Å². The molecule has 0 radical (unpaired) electrons. The van der Waals surface area contributed by atoms with Crippen molar-refractivity contribution >= 4 is 33.2 Å². The number of halogens is 1. The molecule has 5 nitrogen and oxygen atoms in total. The van der Waals surface area contributed by atoms with Crippen molar-refractivity contribution in [1.82, 2.24) is 19.5 Å². The summed E-state index contributed by atoms with van der Waals surface area (Å²) in [5, 5.41) is 3.16. The highest BCUT2D eigenvalue weighted by atomic mass is 35.5. The fourth-order valence-electron chi connectivity index (χ4n) is 1.59. The zero-order valence-corrected chi connectivity index (χ0v) is 10.6. The predicted octanol–water partition coefficient (Wildman–Crippen LogP) is 1.95. The number of hydrogen-bond donors (Lipinski definition) is 0. The number of hydrogen-bond acceptors (Lipinski definition) is 5. The highest BCUT2D eigenvalue weighted by Crippen LogP contribution is 2.24. The normalized spacial score (nSPS) is 10.9. The van der Waals surface area contributed by atoms with Crippen molar-refractivity contribution < 1.29 is 0 Å². The summed E-state index contributed by atoms with van der Waals surface area (Å²) in [7, 11) is 0. The second kappa shape index (κ2) is 4.47. The maximum Gasteiger partial charge on any atom is 0.347 e. The van der Waals surface area contributed by atoms with Crippen molar-refractivity contribution in [1.29, 1.82) is 0 Å². The van der Waals surface area contributed by atoms with Crippen molar-refractivity contribution in [2.24, 2.45) is 0 Å². The van der Waals surface area contributed by atoms with Gasteiger partial charge < -0.3 is 0 Å². The molecule has 90 valence electrons. The van der Waals surface area contributed by atoms with Gasteiger partial charge in [0.05, 0.1) is 6.54 Å². The van der Waals surface area contributed by atoms with Crippen LogP contribution in [0.4, 0.5) is 0 Å². The van der Waals surface area contributed by atoms with E-state index in [1.54, 1.807) is 12.3 Å². The summed E-state index contributed by atoms with van der Waals surface area (Å²) >= 11 is 7.55. The van der Waals surface area contributed by atoms with E-state index in [4.69, 9.17) is 11.6 Å². The van der Waals surface area contributed by atoms with Crippen molar-refractivity contribution in [2.45, 2.75) is 6.54 Å². The van der Waals surface area contributed by atoms with E-state index in [2.05, 4.69) is 15.0 Å². The SMILES string of the molecule is O=c1ncccn1Cc1nc(Cl)c2ccsc2n1. The fourth-order valence-corrected chi connectivity index (χ4v) is 2.68. The van der Waals surface area contributed by atoms with Crippen LogP contribution >= 0.6 is 22.9 Å². The van der Waals surface area contributed by atoms with Crippen LogP contribution in [-0.2, 0) is 6.54 Å². The topological polar surface area (TPSA) is 60.7 Å². The molecule has 0 aliphatic carbocycles. The highest BCUT2D eigenvalue weighted by Gasteiger charge is 2.08. The van der Waals surface area contributed by atoms with Gasteiger partial charge in [-0.1, -0.05) is 11.6 Å². The predicted molar refractivity (Wildman–Crippen MR) is 70.0 cm³/mol. The van der Waals surface area contributed by atoms with E-state index in [1.165, 1.54) is 22.1 Å². The van der Waals surface area contributed by atoms with Gasteiger partial charge in [0.25, 0.3) is 0 Å². The van der Waals surface area contributed by atoms with Crippen LogP contribution in [-0.4, -0.2) is 19.5 Å². The number of rotatable bonds is 2. The van der Waals surface area contributed by atoms with Crippen molar-refractivity contribution in [3.63, 3.8) is 0 Å². The Morgan fingerprint density at radius 1 is 1.39 bits per heavy atom. The third kappa shape index (κ3) is 2.00. The maximum atomic E-state index is 11.5. The van der Waals surface area contributed by atoms with Gasteiger partial charge in [0, 0.05) is 17.8 Å². The van der Waals surface area contributed by atoms with E-state index in [0.29, 0.717) is 11.0 Å². The molecule has 0 aromatic carbocycles. The molecule has 0 saturated heterocycles. The highest BCUT2D eigenvalue weighted by molar-refractivity contribution is 7.16. The third-order valence-corrected chi connectivity index (χ3v) is 3.51. The summed E-state index contributed by atoms with van der Waals surface area (Å²) in [4.78, 5) is 24.5. The minimum atomic E-state index is -0.330. The zero-order chi connectivity index (χ0) is 12.5. The van der Waals surface area contributed by atoms with E-state index >= 15 is 0 Å². The van der Waals surface area contributed by atoms with E-state index in [1.807, 2.05) is 11.4 Å². The Kier molecular flexibility index (Phi) is 2.81. The zero-order valence-electron chi connectivity index (χ0n) is 9.08.